The molecule has 0 bridgehead atoms. The summed E-state index contributed by atoms with van der Waals surface area (Å²) >= 11 is 1.41. The van der Waals surface area contributed by atoms with Crippen LogP contribution in [0.5, 0.6) is 0 Å². The molecule has 0 aliphatic rings. The molecule has 16 heavy (non-hydrogen) atoms. The Labute approximate surface area is 99.3 Å². The number of hydrogen-bond acceptors (Lipinski definition) is 7. The van der Waals surface area contributed by atoms with Crippen LogP contribution in [-0.4, -0.2) is 45.5 Å². The van der Waals surface area contributed by atoms with Crippen LogP contribution in [-0.2, 0) is 0 Å². The summed E-state index contributed by atoms with van der Waals surface area (Å²) in [6.45, 7) is 5.61. The van der Waals surface area contributed by atoms with Crippen molar-refractivity contribution in [1.29, 1.82) is 0 Å². The highest BCUT2D eigenvalue weighted by atomic mass is 32.2. The Morgan fingerprint density at radius 1 is 1.06 bits per heavy atom. The summed E-state index contributed by atoms with van der Waals surface area (Å²) in [6.07, 6.45) is 0. The van der Waals surface area contributed by atoms with Gasteiger partial charge < -0.3 is 15.7 Å². The van der Waals surface area contributed by atoms with Gasteiger partial charge in [-0.1, -0.05) is 11.8 Å². The highest BCUT2D eigenvalue weighted by Gasteiger charge is 2.05. The van der Waals surface area contributed by atoms with Gasteiger partial charge in [-0.25, -0.2) is 0 Å². The molecule has 0 unspecified atom stereocenters. The van der Waals surface area contributed by atoms with Crippen LogP contribution in [0.2, 0.25) is 0 Å². The average molecular weight is 243 g/mol. The van der Waals surface area contributed by atoms with Crippen molar-refractivity contribution in [1.82, 2.24) is 15.0 Å². The Morgan fingerprint density at radius 2 is 1.62 bits per heavy atom. The zero-order valence-electron chi connectivity index (χ0n) is 9.53. The molecule has 6 nitrogen and oxygen atoms in total. The molecule has 0 amide bonds. The first-order valence-electron chi connectivity index (χ1n) is 5.27. The normalized spacial score (nSPS) is 10.2. The van der Waals surface area contributed by atoms with E-state index in [-0.39, 0.29) is 6.61 Å². The van der Waals surface area contributed by atoms with E-state index >= 15 is 0 Å². The Bertz CT molecular complexity index is 299. The number of aliphatic hydroxyl groups is 1. The van der Waals surface area contributed by atoms with Crippen molar-refractivity contribution in [2.75, 3.05) is 36.1 Å². The largest absolute Gasteiger partial charge is 0.396 e. The molecular formula is C9H17N5OS. The number of anilines is 2. The van der Waals surface area contributed by atoms with Gasteiger partial charge in [-0.15, -0.1) is 0 Å². The van der Waals surface area contributed by atoms with Crippen LogP contribution in [0.15, 0.2) is 5.16 Å². The lowest BCUT2D eigenvalue weighted by Crippen LogP contribution is -2.09. The van der Waals surface area contributed by atoms with Crippen LogP contribution >= 0.6 is 11.8 Å². The second-order valence-electron chi connectivity index (χ2n) is 2.90. The summed E-state index contributed by atoms with van der Waals surface area (Å²) in [7, 11) is 0. The Balaban J connectivity index is 2.80. The van der Waals surface area contributed by atoms with Crippen molar-refractivity contribution < 1.29 is 5.11 Å². The SMILES string of the molecule is CCNc1nc(NCC)nc(SCCO)n1. The van der Waals surface area contributed by atoms with E-state index in [2.05, 4.69) is 25.6 Å². The second-order valence-corrected chi connectivity index (χ2v) is 3.96. The molecule has 1 aromatic rings. The third-order valence-corrected chi connectivity index (χ3v) is 2.43. The van der Waals surface area contributed by atoms with E-state index in [1.54, 1.807) is 0 Å². The van der Waals surface area contributed by atoms with Gasteiger partial charge in [0.05, 0.1) is 6.61 Å². The maximum absolute atomic E-state index is 8.75. The van der Waals surface area contributed by atoms with Crippen LogP contribution in [0.4, 0.5) is 11.9 Å². The highest BCUT2D eigenvalue weighted by molar-refractivity contribution is 7.99. The minimum Gasteiger partial charge on any atom is -0.396 e. The van der Waals surface area contributed by atoms with Crippen LogP contribution in [0.25, 0.3) is 0 Å². The van der Waals surface area contributed by atoms with Crippen molar-refractivity contribution in [2.24, 2.45) is 0 Å². The Hall–Kier alpha value is -1.08. The molecule has 0 radical (unpaired) electrons. The van der Waals surface area contributed by atoms with Gasteiger partial charge in [-0.2, -0.15) is 15.0 Å². The van der Waals surface area contributed by atoms with E-state index in [1.807, 2.05) is 13.8 Å². The van der Waals surface area contributed by atoms with Crippen LogP contribution in [0.3, 0.4) is 0 Å². The van der Waals surface area contributed by atoms with Crippen molar-refractivity contribution in [3.63, 3.8) is 0 Å². The smallest absolute Gasteiger partial charge is 0.228 e. The van der Waals surface area contributed by atoms with Crippen molar-refractivity contribution >= 4 is 23.7 Å². The topological polar surface area (TPSA) is 83.0 Å². The summed E-state index contributed by atoms with van der Waals surface area (Å²) in [6, 6.07) is 0. The van der Waals surface area contributed by atoms with Gasteiger partial charge in [-0.3, -0.25) is 0 Å². The van der Waals surface area contributed by atoms with Gasteiger partial charge in [0.25, 0.3) is 0 Å². The molecule has 0 saturated heterocycles. The molecule has 0 atom stereocenters. The zero-order valence-corrected chi connectivity index (χ0v) is 10.3. The molecule has 1 heterocycles. The number of nitrogens with one attached hydrogen (secondary N) is 2. The number of aromatic nitrogens is 3. The summed E-state index contributed by atoms with van der Waals surface area (Å²) in [5.41, 5.74) is 0. The number of aliphatic hydroxyl groups excluding tert-OH is 1. The molecule has 0 saturated carbocycles. The van der Waals surface area contributed by atoms with E-state index in [9.17, 15) is 0 Å². The molecule has 0 aliphatic carbocycles. The molecular weight excluding hydrogens is 226 g/mol. The van der Waals surface area contributed by atoms with E-state index in [0.29, 0.717) is 22.8 Å². The highest BCUT2D eigenvalue weighted by Crippen LogP contribution is 2.15. The quantitative estimate of drug-likeness (QED) is 0.611. The molecule has 1 aromatic heterocycles. The number of thioether (sulfide) groups is 1. The fraction of sp³-hybridized carbons (Fsp3) is 0.667. The molecule has 7 heteroatoms. The van der Waals surface area contributed by atoms with E-state index in [4.69, 9.17) is 5.11 Å². The van der Waals surface area contributed by atoms with Crippen LogP contribution < -0.4 is 10.6 Å². The lowest BCUT2D eigenvalue weighted by atomic mass is 10.7. The summed E-state index contributed by atoms with van der Waals surface area (Å²) in [5.74, 6) is 1.71. The molecule has 1 rings (SSSR count). The number of nitrogens with zero attached hydrogens (tertiary/aromatic N) is 3. The predicted molar refractivity (Wildman–Crippen MR) is 66.0 cm³/mol. The van der Waals surface area contributed by atoms with Gasteiger partial charge >= 0.3 is 0 Å². The van der Waals surface area contributed by atoms with Crippen LogP contribution in [0, 0.1) is 0 Å². The monoisotopic (exact) mass is 243 g/mol. The van der Waals surface area contributed by atoms with Crippen molar-refractivity contribution in [2.45, 2.75) is 19.0 Å². The molecule has 0 fully saturated rings. The maximum atomic E-state index is 8.75. The zero-order chi connectivity index (χ0) is 11.8. The fourth-order valence-corrected chi connectivity index (χ4v) is 1.61. The van der Waals surface area contributed by atoms with E-state index in [0.717, 1.165) is 13.1 Å². The van der Waals surface area contributed by atoms with Crippen molar-refractivity contribution in [3.05, 3.63) is 0 Å². The lowest BCUT2D eigenvalue weighted by Gasteiger charge is -2.07. The van der Waals surface area contributed by atoms with Gasteiger partial charge in [0.1, 0.15) is 0 Å². The third-order valence-electron chi connectivity index (χ3n) is 1.61. The molecule has 0 aromatic carbocycles. The van der Waals surface area contributed by atoms with Crippen molar-refractivity contribution in [3.8, 4) is 0 Å². The number of rotatable bonds is 7. The van der Waals surface area contributed by atoms with Gasteiger partial charge in [-0.05, 0) is 13.8 Å². The Kier molecular flexibility index (Phi) is 5.87. The fourth-order valence-electron chi connectivity index (χ4n) is 1.03. The summed E-state index contributed by atoms with van der Waals surface area (Å²) in [5, 5.41) is 15.5. The predicted octanol–water partition coefficient (Wildman–Crippen LogP) is 0.820. The summed E-state index contributed by atoms with van der Waals surface area (Å²) < 4.78 is 0. The molecule has 3 N–H and O–H groups in total. The third kappa shape index (κ3) is 4.19. The first-order valence-corrected chi connectivity index (χ1v) is 6.26. The second kappa shape index (κ2) is 7.24. The average Bonchev–Trinajstić information content (AvgIpc) is 2.27. The Morgan fingerprint density at radius 3 is 2.06 bits per heavy atom. The van der Waals surface area contributed by atoms with Gasteiger partial charge in [0, 0.05) is 18.8 Å². The van der Waals surface area contributed by atoms with E-state index < -0.39 is 0 Å². The van der Waals surface area contributed by atoms with Crippen LogP contribution in [0.1, 0.15) is 13.8 Å². The lowest BCUT2D eigenvalue weighted by molar-refractivity contribution is 0.322. The maximum Gasteiger partial charge on any atom is 0.228 e. The minimum atomic E-state index is 0.115. The standard InChI is InChI=1S/C9H17N5OS/c1-3-10-7-12-8(11-4-2)14-9(13-7)16-6-5-15/h15H,3-6H2,1-2H3,(H2,10,11,12,13,14). The molecule has 0 aliphatic heterocycles. The molecule has 0 spiro atoms. The first kappa shape index (κ1) is 13.0. The van der Waals surface area contributed by atoms with E-state index in [1.165, 1.54) is 11.8 Å². The minimum absolute atomic E-state index is 0.115. The van der Waals surface area contributed by atoms with Gasteiger partial charge in [0.2, 0.25) is 11.9 Å². The summed E-state index contributed by atoms with van der Waals surface area (Å²) in [4.78, 5) is 12.6. The molecule has 90 valence electrons. The first-order chi connectivity index (χ1) is 7.80. The number of hydrogen-bond donors (Lipinski definition) is 3. The van der Waals surface area contributed by atoms with Gasteiger partial charge in [0.15, 0.2) is 5.16 Å².